The van der Waals surface area contributed by atoms with Crippen LogP contribution in [-0.2, 0) is 0 Å². The van der Waals surface area contributed by atoms with Crippen molar-refractivity contribution in [2.75, 3.05) is 20.8 Å². The van der Waals surface area contributed by atoms with Gasteiger partial charge in [-0.15, -0.1) is 0 Å². The first-order chi connectivity index (χ1) is 12.5. The summed E-state index contributed by atoms with van der Waals surface area (Å²) in [7, 11) is 3.11. The smallest absolute Gasteiger partial charge is 1.00 e. The van der Waals surface area contributed by atoms with Crippen LogP contribution in [0.4, 0.5) is 0 Å². The molecule has 4 nitrogen and oxygen atoms in total. The van der Waals surface area contributed by atoms with Crippen LogP contribution in [-0.4, -0.2) is 26.4 Å². The second-order valence-corrected chi connectivity index (χ2v) is 7.74. The Labute approximate surface area is 177 Å². The fourth-order valence-electron chi connectivity index (χ4n) is 2.54. The third-order valence-corrected chi connectivity index (χ3v) is 5.37. The number of aryl methyl sites for hydroxylation is 1. The van der Waals surface area contributed by atoms with Crippen LogP contribution in [0, 0.1) is 12.8 Å². The minimum atomic E-state index is -0.00639. The van der Waals surface area contributed by atoms with E-state index in [1.54, 1.807) is 26.4 Å². The first-order valence-corrected chi connectivity index (χ1v) is 9.72. The van der Waals surface area contributed by atoms with Gasteiger partial charge in [0.2, 0.25) is 0 Å². The zero-order chi connectivity index (χ0) is 19.1. The number of benzene rings is 2. The van der Waals surface area contributed by atoms with Crippen LogP contribution in [0.5, 0.6) is 17.2 Å². The quantitative estimate of drug-likeness (QED) is 0.489. The minimum Gasteiger partial charge on any atom is -1.00 e. The molecule has 0 N–H and O–H groups in total. The minimum absolute atomic E-state index is 0. The van der Waals surface area contributed by atoms with Crippen molar-refractivity contribution in [2.45, 2.75) is 27.2 Å². The van der Waals surface area contributed by atoms with Gasteiger partial charge in [-0.05, 0) is 63.0 Å². The molecule has 0 aliphatic rings. The van der Waals surface area contributed by atoms with Gasteiger partial charge in [0.05, 0.1) is 20.8 Å². The number of hydrogen-bond acceptors (Lipinski definition) is 4. The van der Waals surface area contributed by atoms with E-state index in [0.29, 0.717) is 29.6 Å². The maximum absolute atomic E-state index is 12.9. The second kappa shape index (κ2) is 11.4. The van der Waals surface area contributed by atoms with Gasteiger partial charge in [0.25, 0.3) is 0 Å². The van der Waals surface area contributed by atoms with Gasteiger partial charge in [0, 0.05) is 0 Å². The number of carbonyl (C=O) groups excluding carboxylic acids is 1. The van der Waals surface area contributed by atoms with Crippen LogP contribution in [0.3, 0.4) is 0 Å². The van der Waals surface area contributed by atoms with E-state index in [-0.39, 0.29) is 34.4 Å². The monoisotopic (exact) mass is 382 g/mol. The fourth-order valence-corrected chi connectivity index (χ4v) is 3.59. The summed E-state index contributed by atoms with van der Waals surface area (Å²) in [4.78, 5) is 12.9. The van der Waals surface area contributed by atoms with E-state index in [1.165, 1.54) is 0 Å². The molecule has 0 radical (unpaired) electrons. The molecule has 1 unspecified atom stereocenters. The van der Waals surface area contributed by atoms with Gasteiger partial charge < -0.3 is 15.6 Å². The summed E-state index contributed by atoms with van der Waals surface area (Å²) < 4.78 is 16.5. The van der Waals surface area contributed by atoms with Crippen molar-refractivity contribution in [3.63, 3.8) is 0 Å². The molecule has 2 aromatic carbocycles. The molecule has 0 fully saturated rings. The van der Waals surface area contributed by atoms with Crippen molar-refractivity contribution in [3.05, 3.63) is 47.5 Å². The molecule has 0 saturated carbocycles. The van der Waals surface area contributed by atoms with Crippen LogP contribution < -0.4 is 38.4 Å². The molecule has 0 bridgehead atoms. The molecule has 1 atom stereocenters. The number of ether oxygens (including phenoxy) is 3. The summed E-state index contributed by atoms with van der Waals surface area (Å²) in [5.74, 6) is 2.53. The predicted molar refractivity (Wildman–Crippen MR) is 109 cm³/mol. The van der Waals surface area contributed by atoms with Gasteiger partial charge in [0.1, 0.15) is 22.8 Å². The number of rotatable bonds is 9. The number of carbonyl (C=O) groups is 1. The van der Waals surface area contributed by atoms with Crippen LogP contribution in [0.15, 0.2) is 36.4 Å². The molecule has 6 heteroatoms. The van der Waals surface area contributed by atoms with E-state index in [4.69, 9.17) is 14.2 Å². The van der Waals surface area contributed by atoms with E-state index in [9.17, 15) is 4.79 Å². The molecule has 2 rings (SSSR count). The Morgan fingerprint density at radius 2 is 1.74 bits per heavy atom. The molecule has 0 spiro atoms. The molecule has 0 saturated heterocycles. The van der Waals surface area contributed by atoms with Gasteiger partial charge in [-0.3, -0.25) is 4.79 Å². The molecule has 0 aliphatic heterocycles. The predicted octanol–water partition coefficient (Wildman–Crippen LogP) is 1.70. The summed E-state index contributed by atoms with van der Waals surface area (Å²) >= 11 is 0. The van der Waals surface area contributed by atoms with E-state index in [2.05, 4.69) is 13.8 Å². The van der Waals surface area contributed by atoms with Crippen molar-refractivity contribution >= 4 is 19.4 Å². The Morgan fingerprint density at radius 3 is 2.26 bits per heavy atom. The summed E-state index contributed by atoms with van der Waals surface area (Å²) in [6.07, 6.45) is 1.02. The van der Waals surface area contributed by atoms with Crippen molar-refractivity contribution in [2.24, 2.45) is 5.92 Å². The number of hydrogen-bond donors (Lipinski definition) is 0. The topological polar surface area (TPSA) is 44.8 Å². The molecule has 0 aromatic heterocycles. The Bertz CT molecular complexity index is 746. The first-order valence-electron chi connectivity index (χ1n) is 8.72. The van der Waals surface area contributed by atoms with Crippen LogP contribution in [0.2, 0.25) is 0 Å². The molecular weight excluding hydrogens is 354 g/mol. The molecule has 0 aliphatic carbocycles. The van der Waals surface area contributed by atoms with Crippen LogP contribution in [0.25, 0.3) is 0 Å². The third-order valence-electron chi connectivity index (χ3n) is 4.06. The average Bonchev–Trinajstić information content (AvgIpc) is 2.62. The normalized spacial score (nSPS) is 10.7. The fraction of sp³-hybridized carbons (Fsp3) is 0.381. The molecule has 142 valence electrons. The average molecular weight is 382 g/mol. The van der Waals surface area contributed by atoms with Crippen molar-refractivity contribution < 1.29 is 39.3 Å². The largest absolute Gasteiger partial charge is 1.00 e. The van der Waals surface area contributed by atoms with Crippen LogP contribution >= 0.6 is 8.58 Å². The van der Waals surface area contributed by atoms with E-state index < -0.39 is 0 Å². The van der Waals surface area contributed by atoms with Gasteiger partial charge >= 0.3 is 18.9 Å². The second-order valence-electron chi connectivity index (χ2n) is 6.50. The summed E-state index contributed by atoms with van der Waals surface area (Å²) in [5.41, 5.74) is 1.54. The maximum atomic E-state index is 12.9. The summed E-state index contributed by atoms with van der Waals surface area (Å²) in [5, 5.41) is 0.999. The standard InChI is InChI=1S/C21H27O4P.Li.H/c1-14(2)11-12-25-16-9-10-19(15(3)13-16)26-21(22)20-17(23-4)7-6-8-18(20)24-5;;/h6-10,13-14,26H,11-12H2,1-5H3;;/q;+1;-1. The molecule has 0 heterocycles. The van der Waals surface area contributed by atoms with Crippen LogP contribution in [0.1, 0.15) is 37.6 Å². The number of methoxy groups -OCH3 is 2. The molecule has 27 heavy (non-hydrogen) atoms. The Hall–Kier alpha value is -1.46. The Kier molecular flexibility index (Phi) is 9.95. The zero-order valence-corrected chi connectivity index (χ0v) is 18.1. The maximum Gasteiger partial charge on any atom is 1.00 e. The van der Waals surface area contributed by atoms with Crippen molar-refractivity contribution in [1.29, 1.82) is 0 Å². The molecular formula is C21H28LiO4P. The van der Waals surface area contributed by atoms with Gasteiger partial charge in [-0.25, -0.2) is 0 Å². The molecule has 0 amide bonds. The Morgan fingerprint density at radius 1 is 1.11 bits per heavy atom. The van der Waals surface area contributed by atoms with Crippen molar-refractivity contribution in [3.8, 4) is 17.2 Å². The van der Waals surface area contributed by atoms with E-state index >= 15 is 0 Å². The summed E-state index contributed by atoms with van der Waals surface area (Å²) in [6, 6.07) is 11.3. The third kappa shape index (κ3) is 6.58. The van der Waals surface area contributed by atoms with E-state index in [0.717, 1.165) is 23.0 Å². The summed E-state index contributed by atoms with van der Waals surface area (Å²) in [6.45, 7) is 7.06. The van der Waals surface area contributed by atoms with Gasteiger partial charge in [-0.1, -0.05) is 26.0 Å². The van der Waals surface area contributed by atoms with Crippen molar-refractivity contribution in [1.82, 2.24) is 0 Å². The van der Waals surface area contributed by atoms with E-state index in [1.807, 2.05) is 31.2 Å². The first kappa shape index (κ1) is 23.6. The molecule has 2 aromatic rings. The zero-order valence-electron chi connectivity index (χ0n) is 18.1. The van der Waals surface area contributed by atoms with Gasteiger partial charge in [-0.2, -0.15) is 0 Å². The van der Waals surface area contributed by atoms with Gasteiger partial charge in [0.15, 0.2) is 5.52 Å². The Balaban J connectivity index is 0.00000364. The SMILES string of the molecule is COc1cccc(OC)c1C(=O)Pc1ccc(OCCC(C)C)cc1C.[H-].[Li+].